The molecule has 0 radical (unpaired) electrons. The highest BCUT2D eigenvalue weighted by molar-refractivity contribution is 5.83. The standard InChI is InChI=1S/C10H12N2O3/c1-15-8-5-7(6-3-2-4-6)11-9(12-8)10(13)14/h5-6H,2-4H2,1H3,(H,13,14). The Labute approximate surface area is 87.1 Å². The lowest BCUT2D eigenvalue weighted by atomic mass is 9.83. The topological polar surface area (TPSA) is 72.3 Å². The second-order valence-electron chi connectivity index (χ2n) is 3.59. The van der Waals surface area contributed by atoms with Crippen molar-refractivity contribution in [2.24, 2.45) is 0 Å². The van der Waals surface area contributed by atoms with E-state index in [1.165, 1.54) is 13.5 Å². The van der Waals surface area contributed by atoms with E-state index in [4.69, 9.17) is 9.84 Å². The summed E-state index contributed by atoms with van der Waals surface area (Å²) in [6.07, 6.45) is 3.32. The van der Waals surface area contributed by atoms with E-state index >= 15 is 0 Å². The molecule has 1 aliphatic rings. The molecule has 0 atom stereocenters. The fraction of sp³-hybridized carbons (Fsp3) is 0.500. The first-order valence-electron chi connectivity index (χ1n) is 4.87. The summed E-state index contributed by atoms with van der Waals surface area (Å²) in [5.74, 6) is -0.602. The van der Waals surface area contributed by atoms with E-state index in [-0.39, 0.29) is 5.82 Å². The van der Waals surface area contributed by atoms with Crippen molar-refractivity contribution < 1.29 is 14.6 Å². The van der Waals surface area contributed by atoms with Crippen LogP contribution in [-0.2, 0) is 0 Å². The zero-order valence-corrected chi connectivity index (χ0v) is 8.43. The number of carboxylic acid groups (broad SMARTS) is 1. The molecule has 80 valence electrons. The number of carboxylic acids is 1. The van der Waals surface area contributed by atoms with Crippen molar-refractivity contribution in [3.63, 3.8) is 0 Å². The van der Waals surface area contributed by atoms with Crippen LogP contribution in [0.2, 0.25) is 0 Å². The Morgan fingerprint density at radius 1 is 1.53 bits per heavy atom. The number of hydrogen-bond acceptors (Lipinski definition) is 4. The number of ether oxygens (including phenoxy) is 1. The summed E-state index contributed by atoms with van der Waals surface area (Å²) in [5.41, 5.74) is 0.783. The lowest BCUT2D eigenvalue weighted by Crippen LogP contribution is -2.14. The number of hydrogen-bond donors (Lipinski definition) is 1. The fourth-order valence-electron chi connectivity index (χ4n) is 1.56. The smallest absolute Gasteiger partial charge is 0.374 e. The highest BCUT2D eigenvalue weighted by Crippen LogP contribution is 2.36. The van der Waals surface area contributed by atoms with Crippen LogP contribution in [0, 0.1) is 0 Å². The normalized spacial score (nSPS) is 15.8. The van der Waals surface area contributed by atoms with Gasteiger partial charge in [-0.15, -0.1) is 0 Å². The van der Waals surface area contributed by atoms with Crippen LogP contribution in [0.1, 0.15) is 41.5 Å². The van der Waals surface area contributed by atoms with Crippen LogP contribution >= 0.6 is 0 Å². The average molecular weight is 208 g/mol. The van der Waals surface area contributed by atoms with Crippen molar-refractivity contribution >= 4 is 5.97 Å². The maximum absolute atomic E-state index is 10.8. The summed E-state index contributed by atoms with van der Waals surface area (Å²) in [4.78, 5) is 18.5. The van der Waals surface area contributed by atoms with Crippen molar-refractivity contribution in [1.29, 1.82) is 0 Å². The molecular formula is C10H12N2O3. The Bertz CT molecular complexity index is 388. The molecule has 0 saturated heterocycles. The van der Waals surface area contributed by atoms with Crippen LogP contribution in [0.15, 0.2) is 6.07 Å². The van der Waals surface area contributed by atoms with E-state index < -0.39 is 5.97 Å². The van der Waals surface area contributed by atoms with Crippen LogP contribution in [0.25, 0.3) is 0 Å². The van der Waals surface area contributed by atoms with Crippen LogP contribution in [0.3, 0.4) is 0 Å². The average Bonchev–Trinajstić information content (AvgIpc) is 2.14. The van der Waals surface area contributed by atoms with Gasteiger partial charge in [0.25, 0.3) is 0 Å². The molecule has 0 aliphatic heterocycles. The molecule has 5 nitrogen and oxygen atoms in total. The number of rotatable bonds is 3. The molecule has 1 fully saturated rings. The van der Waals surface area contributed by atoms with Gasteiger partial charge in [-0.2, -0.15) is 4.98 Å². The largest absolute Gasteiger partial charge is 0.481 e. The predicted molar refractivity (Wildman–Crippen MR) is 52.1 cm³/mol. The lowest BCUT2D eigenvalue weighted by molar-refractivity contribution is 0.0681. The van der Waals surface area contributed by atoms with Crippen molar-refractivity contribution in [2.75, 3.05) is 7.11 Å². The second-order valence-corrected chi connectivity index (χ2v) is 3.59. The van der Waals surface area contributed by atoms with Crippen molar-refractivity contribution in [3.05, 3.63) is 17.6 Å². The van der Waals surface area contributed by atoms with Gasteiger partial charge in [0.2, 0.25) is 11.7 Å². The summed E-state index contributed by atoms with van der Waals surface area (Å²) < 4.78 is 4.95. The number of carbonyl (C=O) groups is 1. The molecule has 15 heavy (non-hydrogen) atoms. The van der Waals surface area contributed by atoms with Gasteiger partial charge in [-0.05, 0) is 12.8 Å². The van der Waals surface area contributed by atoms with Crippen LogP contribution < -0.4 is 4.74 Å². The summed E-state index contributed by atoms with van der Waals surface area (Å²) >= 11 is 0. The highest BCUT2D eigenvalue weighted by atomic mass is 16.5. The van der Waals surface area contributed by atoms with Gasteiger partial charge < -0.3 is 9.84 Å². The van der Waals surface area contributed by atoms with Gasteiger partial charge in [-0.25, -0.2) is 9.78 Å². The minimum Gasteiger partial charge on any atom is -0.481 e. The minimum atomic E-state index is -1.12. The third kappa shape index (κ3) is 1.91. The van der Waals surface area contributed by atoms with E-state index in [9.17, 15) is 4.79 Å². The fourth-order valence-corrected chi connectivity index (χ4v) is 1.56. The molecule has 1 N–H and O–H groups in total. The van der Waals surface area contributed by atoms with Crippen LogP contribution in [0.4, 0.5) is 0 Å². The number of nitrogens with zero attached hydrogens (tertiary/aromatic N) is 2. The lowest BCUT2D eigenvalue weighted by Gasteiger charge is -2.24. The summed E-state index contributed by atoms with van der Waals surface area (Å²) in [6.45, 7) is 0. The Morgan fingerprint density at radius 2 is 2.27 bits per heavy atom. The van der Waals surface area contributed by atoms with E-state index in [0.29, 0.717) is 11.8 Å². The molecule has 0 spiro atoms. The molecule has 1 aromatic rings. The number of methoxy groups -OCH3 is 1. The van der Waals surface area contributed by atoms with Gasteiger partial charge in [-0.3, -0.25) is 0 Å². The van der Waals surface area contributed by atoms with Crippen molar-refractivity contribution in [2.45, 2.75) is 25.2 Å². The maximum Gasteiger partial charge on any atom is 0.374 e. The molecule has 1 saturated carbocycles. The molecule has 1 aliphatic carbocycles. The third-order valence-electron chi connectivity index (χ3n) is 2.65. The first kappa shape index (κ1) is 9.89. The zero-order chi connectivity index (χ0) is 10.8. The van der Waals surface area contributed by atoms with Gasteiger partial charge in [0.05, 0.1) is 12.8 Å². The Morgan fingerprint density at radius 3 is 2.73 bits per heavy atom. The second kappa shape index (κ2) is 3.84. The monoisotopic (exact) mass is 208 g/mol. The molecule has 1 aromatic heterocycles. The van der Waals surface area contributed by atoms with E-state index in [1.807, 2.05) is 0 Å². The van der Waals surface area contributed by atoms with Crippen LogP contribution in [0.5, 0.6) is 5.88 Å². The summed E-state index contributed by atoms with van der Waals surface area (Å²) in [7, 11) is 1.47. The van der Waals surface area contributed by atoms with Crippen molar-refractivity contribution in [1.82, 2.24) is 9.97 Å². The summed E-state index contributed by atoms with van der Waals surface area (Å²) in [6, 6.07) is 1.72. The van der Waals surface area contributed by atoms with Crippen molar-refractivity contribution in [3.8, 4) is 5.88 Å². The van der Waals surface area contributed by atoms with E-state index in [0.717, 1.165) is 18.5 Å². The molecular weight excluding hydrogens is 196 g/mol. The molecule has 5 heteroatoms. The van der Waals surface area contributed by atoms with Gasteiger partial charge in [0, 0.05) is 12.0 Å². The third-order valence-corrected chi connectivity index (χ3v) is 2.65. The molecule has 2 rings (SSSR count). The van der Waals surface area contributed by atoms with Gasteiger partial charge >= 0.3 is 5.97 Å². The zero-order valence-electron chi connectivity index (χ0n) is 8.43. The summed E-state index contributed by atoms with van der Waals surface area (Å²) in [5, 5.41) is 8.82. The number of aromatic carboxylic acids is 1. The highest BCUT2D eigenvalue weighted by Gasteiger charge is 2.23. The molecule has 1 heterocycles. The van der Waals surface area contributed by atoms with Gasteiger partial charge in [-0.1, -0.05) is 6.42 Å². The van der Waals surface area contributed by atoms with Gasteiger partial charge in [0.15, 0.2) is 0 Å². The maximum atomic E-state index is 10.8. The predicted octanol–water partition coefficient (Wildman–Crippen LogP) is 1.45. The molecule has 0 aromatic carbocycles. The first-order valence-corrected chi connectivity index (χ1v) is 4.87. The van der Waals surface area contributed by atoms with Gasteiger partial charge in [0.1, 0.15) is 0 Å². The van der Waals surface area contributed by atoms with Crippen LogP contribution in [-0.4, -0.2) is 28.2 Å². The molecule has 0 amide bonds. The van der Waals surface area contributed by atoms with E-state index in [1.54, 1.807) is 6.07 Å². The first-order chi connectivity index (χ1) is 7.20. The quantitative estimate of drug-likeness (QED) is 0.813. The Balaban J connectivity index is 2.36. The number of aromatic nitrogens is 2. The Kier molecular flexibility index (Phi) is 2.53. The SMILES string of the molecule is COc1cc(C2CCC2)nc(C(=O)O)n1. The molecule has 0 unspecified atom stereocenters. The van der Waals surface area contributed by atoms with E-state index in [2.05, 4.69) is 9.97 Å². The Hall–Kier alpha value is -1.65. The minimum absolute atomic E-state index is 0.184. The molecule has 0 bridgehead atoms.